The summed E-state index contributed by atoms with van der Waals surface area (Å²) in [4.78, 5) is 0. The van der Waals surface area contributed by atoms with Crippen LogP contribution in [0.2, 0.25) is 0 Å². The van der Waals surface area contributed by atoms with E-state index in [1.165, 1.54) is 0 Å². The maximum atomic E-state index is 10.7. The lowest BCUT2D eigenvalue weighted by Crippen LogP contribution is -2.01. The Morgan fingerprint density at radius 1 is 0.917 bits per heavy atom. The number of hydrogen-bond acceptors (Lipinski definition) is 3. The molecule has 0 aromatic heterocycles. The number of rotatable bonds is 4. The predicted molar refractivity (Wildman–Crippen MR) is 96.4 cm³/mol. The van der Waals surface area contributed by atoms with Gasteiger partial charge in [0.2, 0.25) is 0 Å². The Kier molecular flexibility index (Phi) is 4.56. The third kappa shape index (κ3) is 2.88. The molecule has 3 aromatic rings. The van der Waals surface area contributed by atoms with Crippen LogP contribution in [0.3, 0.4) is 0 Å². The zero-order valence-corrected chi connectivity index (χ0v) is 14.2. The van der Waals surface area contributed by atoms with Crippen LogP contribution < -0.4 is 4.74 Å². The fraction of sp³-hybridized carbons (Fsp3) is 0.238. The van der Waals surface area contributed by atoms with Gasteiger partial charge < -0.3 is 14.9 Å². The molecule has 24 heavy (non-hydrogen) atoms. The third-order valence-corrected chi connectivity index (χ3v) is 4.60. The molecule has 0 aliphatic rings. The fourth-order valence-electron chi connectivity index (χ4n) is 3.11. The van der Waals surface area contributed by atoms with E-state index in [-0.39, 0.29) is 6.61 Å². The first-order valence-corrected chi connectivity index (χ1v) is 8.00. The summed E-state index contributed by atoms with van der Waals surface area (Å²) in [7, 11) is 1.68. The molecule has 0 fully saturated rings. The standard InChI is InChI=1S/C21H22O3/c1-13-10-20(24-3)14(2)18-9-8-17(11-19(13)18)21(23)16-6-4-15(12-22)5-7-16/h4-11,21-23H,12H2,1-3H3. The van der Waals surface area contributed by atoms with Crippen molar-refractivity contribution < 1.29 is 14.9 Å². The number of methoxy groups -OCH3 is 1. The van der Waals surface area contributed by atoms with Crippen molar-refractivity contribution in [2.75, 3.05) is 7.11 Å². The summed E-state index contributed by atoms with van der Waals surface area (Å²) in [5.41, 5.74) is 4.73. The summed E-state index contributed by atoms with van der Waals surface area (Å²) in [6, 6.07) is 15.4. The van der Waals surface area contributed by atoms with E-state index in [0.29, 0.717) is 0 Å². The van der Waals surface area contributed by atoms with Gasteiger partial charge in [-0.25, -0.2) is 0 Å². The lowest BCUT2D eigenvalue weighted by Gasteiger charge is -2.16. The van der Waals surface area contributed by atoms with Crippen LogP contribution in [0.25, 0.3) is 10.8 Å². The number of benzene rings is 3. The monoisotopic (exact) mass is 322 g/mol. The molecule has 0 saturated carbocycles. The maximum Gasteiger partial charge on any atom is 0.122 e. The quantitative estimate of drug-likeness (QED) is 0.762. The van der Waals surface area contributed by atoms with Gasteiger partial charge in [0.15, 0.2) is 0 Å². The van der Waals surface area contributed by atoms with Gasteiger partial charge in [0.05, 0.1) is 13.7 Å². The molecule has 0 saturated heterocycles. The minimum Gasteiger partial charge on any atom is -0.496 e. The largest absolute Gasteiger partial charge is 0.496 e. The van der Waals surface area contributed by atoms with Crippen molar-refractivity contribution in [1.29, 1.82) is 0 Å². The molecule has 1 unspecified atom stereocenters. The van der Waals surface area contributed by atoms with Crippen molar-refractivity contribution in [3.8, 4) is 5.75 Å². The summed E-state index contributed by atoms with van der Waals surface area (Å²) in [6.45, 7) is 4.10. The summed E-state index contributed by atoms with van der Waals surface area (Å²) >= 11 is 0. The second-order valence-electron chi connectivity index (χ2n) is 6.13. The van der Waals surface area contributed by atoms with Crippen molar-refractivity contribution in [3.63, 3.8) is 0 Å². The average Bonchev–Trinajstić information content (AvgIpc) is 2.63. The molecule has 0 radical (unpaired) electrons. The van der Waals surface area contributed by atoms with E-state index < -0.39 is 6.10 Å². The second-order valence-corrected chi connectivity index (χ2v) is 6.13. The average molecular weight is 322 g/mol. The predicted octanol–water partition coefficient (Wildman–Crippen LogP) is 4.04. The SMILES string of the molecule is COc1cc(C)c2cc(C(O)c3ccc(CO)cc3)ccc2c1C. The van der Waals surface area contributed by atoms with Gasteiger partial charge in [0.25, 0.3) is 0 Å². The Bertz CT molecular complexity index is 866. The van der Waals surface area contributed by atoms with Gasteiger partial charge in [-0.3, -0.25) is 0 Å². The molecule has 3 nitrogen and oxygen atoms in total. The van der Waals surface area contributed by atoms with Crippen molar-refractivity contribution in [2.24, 2.45) is 0 Å². The maximum absolute atomic E-state index is 10.7. The third-order valence-electron chi connectivity index (χ3n) is 4.60. The van der Waals surface area contributed by atoms with Gasteiger partial charge in [-0.15, -0.1) is 0 Å². The molecule has 124 valence electrons. The van der Waals surface area contributed by atoms with Crippen molar-refractivity contribution in [2.45, 2.75) is 26.6 Å². The summed E-state index contributed by atoms with van der Waals surface area (Å²) in [5.74, 6) is 0.882. The van der Waals surface area contributed by atoms with E-state index in [1.54, 1.807) is 7.11 Å². The number of ether oxygens (including phenoxy) is 1. The van der Waals surface area contributed by atoms with Crippen molar-refractivity contribution >= 4 is 10.8 Å². The van der Waals surface area contributed by atoms with E-state index >= 15 is 0 Å². The molecule has 0 bridgehead atoms. The molecule has 0 spiro atoms. The number of hydrogen-bond donors (Lipinski definition) is 2. The minimum absolute atomic E-state index is 0.00660. The van der Waals surface area contributed by atoms with Crippen LogP contribution in [-0.4, -0.2) is 17.3 Å². The van der Waals surface area contributed by atoms with Gasteiger partial charge >= 0.3 is 0 Å². The molecular formula is C21H22O3. The second kappa shape index (κ2) is 6.63. The number of aryl methyl sites for hydroxylation is 2. The van der Waals surface area contributed by atoms with Gasteiger partial charge in [-0.05, 0) is 64.6 Å². The summed E-state index contributed by atoms with van der Waals surface area (Å²) in [6.07, 6.45) is -0.691. The van der Waals surface area contributed by atoms with E-state index in [1.807, 2.05) is 55.5 Å². The molecule has 0 aliphatic carbocycles. The Labute approximate surface area is 142 Å². The zero-order valence-electron chi connectivity index (χ0n) is 14.2. The first-order chi connectivity index (χ1) is 11.5. The molecule has 3 heteroatoms. The lowest BCUT2D eigenvalue weighted by molar-refractivity contribution is 0.220. The van der Waals surface area contributed by atoms with E-state index in [4.69, 9.17) is 9.84 Å². The van der Waals surface area contributed by atoms with Gasteiger partial charge in [-0.1, -0.05) is 36.4 Å². The smallest absolute Gasteiger partial charge is 0.122 e. The number of fused-ring (bicyclic) bond motifs is 1. The Hall–Kier alpha value is -2.36. The molecule has 3 aromatic carbocycles. The number of aliphatic hydroxyl groups is 2. The normalized spacial score (nSPS) is 12.4. The molecule has 0 aliphatic heterocycles. The topological polar surface area (TPSA) is 49.7 Å². The molecule has 1 atom stereocenters. The fourth-order valence-corrected chi connectivity index (χ4v) is 3.11. The minimum atomic E-state index is -0.691. The van der Waals surface area contributed by atoms with Crippen LogP contribution in [0.5, 0.6) is 5.75 Å². The van der Waals surface area contributed by atoms with Crippen molar-refractivity contribution in [3.05, 3.63) is 76.3 Å². The van der Waals surface area contributed by atoms with Crippen LogP contribution in [-0.2, 0) is 6.61 Å². The Morgan fingerprint density at radius 3 is 2.21 bits per heavy atom. The van der Waals surface area contributed by atoms with Gasteiger partial charge in [0.1, 0.15) is 11.9 Å². The van der Waals surface area contributed by atoms with E-state index in [2.05, 4.69) is 6.92 Å². The first-order valence-electron chi connectivity index (χ1n) is 8.00. The highest BCUT2D eigenvalue weighted by Gasteiger charge is 2.13. The lowest BCUT2D eigenvalue weighted by atomic mass is 9.94. The summed E-state index contributed by atoms with van der Waals surface area (Å²) in [5, 5.41) is 22.1. The Morgan fingerprint density at radius 2 is 1.58 bits per heavy atom. The number of aliphatic hydroxyl groups excluding tert-OH is 2. The van der Waals surface area contributed by atoms with Crippen LogP contribution >= 0.6 is 0 Å². The van der Waals surface area contributed by atoms with E-state index in [9.17, 15) is 5.11 Å². The zero-order chi connectivity index (χ0) is 17.3. The highest BCUT2D eigenvalue weighted by molar-refractivity contribution is 5.91. The summed E-state index contributed by atoms with van der Waals surface area (Å²) < 4.78 is 5.43. The van der Waals surface area contributed by atoms with Crippen LogP contribution in [0.15, 0.2) is 48.5 Å². The van der Waals surface area contributed by atoms with Crippen LogP contribution in [0.4, 0.5) is 0 Å². The molecule has 0 heterocycles. The Balaban J connectivity index is 2.05. The molecule has 0 amide bonds. The molecule has 3 rings (SSSR count). The van der Waals surface area contributed by atoms with Crippen molar-refractivity contribution in [1.82, 2.24) is 0 Å². The molecular weight excluding hydrogens is 300 g/mol. The van der Waals surface area contributed by atoms with E-state index in [0.717, 1.165) is 44.3 Å². The van der Waals surface area contributed by atoms with Gasteiger partial charge in [0, 0.05) is 0 Å². The molecule has 2 N–H and O–H groups in total. The van der Waals surface area contributed by atoms with Crippen LogP contribution in [0.1, 0.15) is 33.9 Å². The first kappa shape index (κ1) is 16.5. The highest BCUT2D eigenvalue weighted by Crippen LogP contribution is 2.33. The highest BCUT2D eigenvalue weighted by atomic mass is 16.5. The van der Waals surface area contributed by atoms with Crippen LogP contribution in [0, 0.1) is 13.8 Å². The van der Waals surface area contributed by atoms with Gasteiger partial charge in [-0.2, -0.15) is 0 Å².